The summed E-state index contributed by atoms with van der Waals surface area (Å²) in [7, 11) is 2.08. The summed E-state index contributed by atoms with van der Waals surface area (Å²) in [5, 5.41) is 0. The highest BCUT2D eigenvalue weighted by Crippen LogP contribution is 2.36. The van der Waals surface area contributed by atoms with E-state index in [4.69, 9.17) is 15.5 Å². The highest BCUT2D eigenvalue weighted by molar-refractivity contribution is 9.11. The van der Waals surface area contributed by atoms with Crippen LogP contribution in [0, 0.1) is 0 Å². The van der Waals surface area contributed by atoms with Crippen LogP contribution in [0.15, 0.2) is 9.85 Å². The molecular formula is C16H20BrN5OS. The van der Waals surface area contributed by atoms with Crippen LogP contribution in [0.2, 0.25) is 0 Å². The Morgan fingerprint density at radius 2 is 2.12 bits per heavy atom. The van der Waals surface area contributed by atoms with Gasteiger partial charge in [-0.3, -0.25) is 4.90 Å². The molecule has 1 aliphatic heterocycles. The molecule has 1 aliphatic rings. The van der Waals surface area contributed by atoms with E-state index in [1.807, 2.05) is 6.07 Å². The number of rotatable bonds is 4. The molecule has 0 radical (unpaired) electrons. The maximum atomic E-state index is 6.14. The number of fused-ring (bicyclic) bond motifs is 3. The highest BCUT2D eigenvalue weighted by atomic mass is 79.9. The van der Waals surface area contributed by atoms with Gasteiger partial charge in [-0.15, -0.1) is 11.3 Å². The second kappa shape index (κ2) is 6.59. The van der Waals surface area contributed by atoms with E-state index in [2.05, 4.69) is 37.4 Å². The number of morpholine rings is 1. The third-order valence-corrected chi connectivity index (χ3v) is 6.18. The summed E-state index contributed by atoms with van der Waals surface area (Å²) in [5.41, 5.74) is 8.98. The number of imidazole rings is 1. The van der Waals surface area contributed by atoms with Crippen LogP contribution < -0.4 is 5.73 Å². The molecule has 0 saturated carbocycles. The van der Waals surface area contributed by atoms with Crippen LogP contribution in [0.4, 0.5) is 5.82 Å². The highest BCUT2D eigenvalue weighted by Gasteiger charge is 2.17. The number of aromatic nitrogens is 3. The normalized spacial score (nSPS) is 16.4. The molecule has 0 atom stereocenters. The van der Waals surface area contributed by atoms with Crippen LogP contribution in [0.25, 0.3) is 21.3 Å². The number of anilines is 1. The average molecular weight is 410 g/mol. The minimum absolute atomic E-state index is 0.512. The number of nitrogen functional groups attached to an aromatic ring is 1. The Morgan fingerprint density at radius 3 is 2.92 bits per heavy atom. The molecule has 24 heavy (non-hydrogen) atoms. The Balaban J connectivity index is 1.60. The average Bonchev–Trinajstić information content (AvgIpc) is 3.09. The molecule has 2 N–H and O–H groups in total. The van der Waals surface area contributed by atoms with Gasteiger partial charge in [-0.2, -0.15) is 0 Å². The number of nitrogens with zero attached hydrogens (tertiary/aromatic N) is 4. The summed E-state index contributed by atoms with van der Waals surface area (Å²) >= 11 is 5.22. The molecule has 4 heterocycles. The van der Waals surface area contributed by atoms with E-state index < -0.39 is 0 Å². The molecule has 3 aromatic heterocycles. The van der Waals surface area contributed by atoms with Crippen LogP contribution in [0.3, 0.4) is 0 Å². The van der Waals surface area contributed by atoms with Gasteiger partial charge in [-0.1, -0.05) is 0 Å². The lowest BCUT2D eigenvalue weighted by molar-refractivity contribution is 0.0374. The Kier molecular flexibility index (Phi) is 4.46. The molecule has 1 fully saturated rings. The Bertz CT molecular complexity index is 884. The van der Waals surface area contributed by atoms with Crippen LogP contribution in [-0.4, -0.2) is 52.3 Å². The predicted octanol–water partition coefficient (Wildman–Crippen LogP) is 2.79. The molecule has 0 amide bonds. The largest absolute Gasteiger partial charge is 0.382 e. The van der Waals surface area contributed by atoms with Crippen LogP contribution in [0.1, 0.15) is 12.2 Å². The Hall–Kier alpha value is -1.22. The number of ether oxygens (including phenoxy) is 1. The fourth-order valence-electron chi connectivity index (χ4n) is 3.28. The molecule has 0 unspecified atom stereocenters. The first-order valence-corrected chi connectivity index (χ1v) is 9.74. The summed E-state index contributed by atoms with van der Waals surface area (Å²) < 4.78 is 9.78. The number of aryl methyl sites for hydroxylation is 2. The first kappa shape index (κ1) is 16.3. The molecule has 6 nitrogen and oxygen atoms in total. The number of hydrogen-bond acceptors (Lipinski definition) is 6. The molecule has 8 heteroatoms. The molecule has 4 rings (SSSR count). The minimum Gasteiger partial charge on any atom is -0.382 e. The van der Waals surface area contributed by atoms with Crippen molar-refractivity contribution in [1.29, 1.82) is 0 Å². The fraction of sp³-hybridized carbons (Fsp3) is 0.500. The van der Waals surface area contributed by atoms with Gasteiger partial charge in [0.2, 0.25) is 0 Å². The van der Waals surface area contributed by atoms with Crippen LogP contribution in [-0.2, 0) is 18.2 Å². The van der Waals surface area contributed by atoms with Crippen molar-refractivity contribution in [3.05, 3.63) is 15.7 Å². The first-order chi connectivity index (χ1) is 11.6. The van der Waals surface area contributed by atoms with Crippen molar-refractivity contribution < 1.29 is 4.74 Å². The van der Waals surface area contributed by atoms with Crippen molar-refractivity contribution >= 4 is 54.3 Å². The van der Waals surface area contributed by atoms with Gasteiger partial charge in [0.1, 0.15) is 11.3 Å². The van der Waals surface area contributed by atoms with E-state index in [9.17, 15) is 0 Å². The van der Waals surface area contributed by atoms with Crippen molar-refractivity contribution in [2.24, 2.45) is 7.05 Å². The fourth-order valence-corrected chi connectivity index (χ4v) is 4.89. The van der Waals surface area contributed by atoms with Crippen molar-refractivity contribution in [3.8, 4) is 0 Å². The quantitative estimate of drug-likeness (QED) is 0.717. The summed E-state index contributed by atoms with van der Waals surface area (Å²) in [5.74, 6) is 1.58. The van der Waals surface area contributed by atoms with E-state index in [1.54, 1.807) is 11.3 Å². The van der Waals surface area contributed by atoms with Gasteiger partial charge in [-0.05, 0) is 35.0 Å². The SMILES string of the molecule is Cn1c(CCCN2CCOCC2)nc2c(N)nc3cc(Br)sc3c21. The lowest BCUT2D eigenvalue weighted by Crippen LogP contribution is -2.37. The van der Waals surface area contributed by atoms with E-state index in [1.165, 1.54) is 0 Å². The maximum Gasteiger partial charge on any atom is 0.152 e. The zero-order chi connectivity index (χ0) is 16.7. The number of thiophene rings is 1. The maximum absolute atomic E-state index is 6.14. The van der Waals surface area contributed by atoms with Gasteiger partial charge in [0, 0.05) is 26.6 Å². The monoisotopic (exact) mass is 409 g/mol. The molecule has 0 aliphatic carbocycles. The lowest BCUT2D eigenvalue weighted by Gasteiger charge is -2.26. The molecule has 1 saturated heterocycles. The van der Waals surface area contributed by atoms with Crippen molar-refractivity contribution in [3.63, 3.8) is 0 Å². The zero-order valence-corrected chi connectivity index (χ0v) is 16.0. The standard InChI is InChI=1S/C16H20BrN5OS/c1-21-12(3-2-4-22-5-7-23-8-6-22)20-13-14(21)15-10(19-16(13)18)9-11(17)24-15/h9H,2-8H2,1H3,(H2,18,19). The van der Waals surface area contributed by atoms with Gasteiger partial charge < -0.3 is 15.0 Å². The van der Waals surface area contributed by atoms with Crippen molar-refractivity contribution in [2.45, 2.75) is 12.8 Å². The van der Waals surface area contributed by atoms with Gasteiger partial charge >= 0.3 is 0 Å². The molecule has 0 bridgehead atoms. The summed E-state index contributed by atoms with van der Waals surface area (Å²) in [6.45, 7) is 4.84. The van der Waals surface area contributed by atoms with Gasteiger partial charge in [-0.25, -0.2) is 9.97 Å². The zero-order valence-electron chi connectivity index (χ0n) is 13.6. The van der Waals surface area contributed by atoms with Crippen molar-refractivity contribution in [2.75, 3.05) is 38.6 Å². The van der Waals surface area contributed by atoms with E-state index in [0.29, 0.717) is 5.82 Å². The van der Waals surface area contributed by atoms with E-state index in [0.717, 1.165) is 76.6 Å². The second-order valence-corrected chi connectivity index (χ2v) is 8.54. The smallest absolute Gasteiger partial charge is 0.152 e. The number of hydrogen-bond donors (Lipinski definition) is 1. The second-order valence-electron chi connectivity index (χ2n) is 6.10. The number of nitrogens with two attached hydrogens (primary N) is 1. The number of pyridine rings is 1. The third kappa shape index (κ3) is 2.92. The molecule has 3 aromatic rings. The third-order valence-electron chi connectivity index (χ3n) is 4.55. The van der Waals surface area contributed by atoms with Crippen molar-refractivity contribution in [1.82, 2.24) is 19.4 Å². The molecule has 0 spiro atoms. The first-order valence-electron chi connectivity index (χ1n) is 8.13. The van der Waals surface area contributed by atoms with E-state index >= 15 is 0 Å². The Morgan fingerprint density at radius 1 is 1.33 bits per heavy atom. The Labute approximate surface area is 152 Å². The van der Waals surface area contributed by atoms with Gasteiger partial charge in [0.25, 0.3) is 0 Å². The summed E-state index contributed by atoms with van der Waals surface area (Å²) in [6, 6.07) is 2.01. The summed E-state index contributed by atoms with van der Waals surface area (Å²) in [4.78, 5) is 11.7. The topological polar surface area (TPSA) is 69.2 Å². The minimum atomic E-state index is 0.512. The lowest BCUT2D eigenvalue weighted by atomic mass is 10.2. The van der Waals surface area contributed by atoms with Gasteiger partial charge in [0.15, 0.2) is 5.82 Å². The van der Waals surface area contributed by atoms with Crippen LogP contribution in [0.5, 0.6) is 0 Å². The molecular weight excluding hydrogens is 390 g/mol. The molecule has 128 valence electrons. The van der Waals surface area contributed by atoms with E-state index in [-0.39, 0.29) is 0 Å². The van der Waals surface area contributed by atoms with Gasteiger partial charge in [0.05, 0.1) is 32.7 Å². The van der Waals surface area contributed by atoms with Crippen LogP contribution >= 0.6 is 27.3 Å². The number of halogens is 1. The molecule has 0 aromatic carbocycles. The predicted molar refractivity (Wildman–Crippen MR) is 102 cm³/mol. The summed E-state index contributed by atoms with van der Waals surface area (Å²) in [6.07, 6.45) is 2.03.